The molecule has 5 aromatic rings. The normalized spacial score (nSPS) is 11.2. The van der Waals surface area contributed by atoms with Gasteiger partial charge in [0.15, 0.2) is 5.76 Å². The Morgan fingerprint density at radius 1 is 1.00 bits per heavy atom. The van der Waals surface area contributed by atoms with Crippen molar-refractivity contribution in [3.63, 3.8) is 0 Å². The van der Waals surface area contributed by atoms with Crippen LogP contribution in [0.25, 0.3) is 33.1 Å². The highest BCUT2D eigenvalue weighted by Crippen LogP contribution is 2.28. The molecule has 0 fully saturated rings. The minimum atomic E-state index is -0.350. The molecule has 2 heterocycles. The average molecular weight is 404 g/mol. The van der Waals surface area contributed by atoms with E-state index in [2.05, 4.69) is 15.5 Å². The lowest BCUT2D eigenvalue weighted by Gasteiger charge is -1.98. The summed E-state index contributed by atoms with van der Waals surface area (Å²) in [6.45, 7) is 0.0945. The second kappa shape index (κ2) is 7.07. The molecule has 0 aliphatic heterocycles. The predicted molar refractivity (Wildman–Crippen MR) is 110 cm³/mol. The van der Waals surface area contributed by atoms with Crippen LogP contribution in [0.1, 0.15) is 16.4 Å². The first-order chi connectivity index (χ1) is 14.2. The van der Waals surface area contributed by atoms with Crippen molar-refractivity contribution in [1.29, 1.82) is 0 Å². The standard InChI is InChI=1S/C22H14ClN3O3/c23-15-8-5-14(6-9-15)21-25-20(29-26-21)12-24-22(27)19-11-17-16-4-2-1-3-13(16)7-10-18(17)28-19/h1-11H,12H2,(H,24,27). The zero-order valence-corrected chi connectivity index (χ0v) is 15.8. The number of aromatic nitrogens is 2. The molecule has 0 atom stereocenters. The van der Waals surface area contributed by atoms with Gasteiger partial charge in [-0.25, -0.2) is 0 Å². The third-order valence-electron chi connectivity index (χ3n) is 4.62. The number of carbonyl (C=O) groups excluding carboxylic acids is 1. The number of furan rings is 1. The second-order valence-corrected chi connectivity index (χ2v) is 6.95. The molecule has 0 aliphatic carbocycles. The third kappa shape index (κ3) is 3.34. The van der Waals surface area contributed by atoms with E-state index in [4.69, 9.17) is 20.5 Å². The topological polar surface area (TPSA) is 81.2 Å². The van der Waals surface area contributed by atoms with Crippen LogP contribution < -0.4 is 5.32 Å². The van der Waals surface area contributed by atoms with E-state index in [1.54, 1.807) is 30.3 Å². The van der Waals surface area contributed by atoms with Crippen LogP contribution in [0, 0.1) is 0 Å². The predicted octanol–water partition coefficient (Wildman–Crippen LogP) is 5.22. The van der Waals surface area contributed by atoms with Crippen LogP contribution in [0.2, 0.25) is 5.02 Å². The lowest BCUT2D eigenvalue weighted by molar-refractivity contribution is 0.0920. The number of benzene rings is 3. The van der Waals surface area contributed by atoms with Crippen LogP contribution in [0.5, 0.6) is 0 Å². The van der Waals surface area contributed by atoms with Gasteiger partial charge in [0.2, 0.25) is 11.7 Å². The van der Waals surface area contributed by atoms with Crippen LogP contribution in [-0.2, 0) is 6.54 Å². The summed E-state index contributed by atoms with van der Waals surface area (Å²) in [5, 5.41) is 10.3. The Bertz CT molecular complexity index is 1340. The minimum Gasteiger partial charge on any atom is -0.451 e. The maximum Gasteiger partial charge on any atom is 0.287 e. The number of carbonyl (C=O) groups is 1. The molecule has 7 heteroatoms. The van der Waals surface area contributed by atoms with E-state index in [1.165, 1.54) is 0 Å². The summed E-state index contributed by atoms with van der Waals surface area (Å²) in [4.78, 5) is 16.8. The molecule has 6 nitrogen and oxygen atoms in total. The Morgan fingerprint density at radius 3 is 2.69 bits per heavy atom. The molecule has 3 aromatic carbocycles. The van der Waals surface area contributed by atoms with E-state index in [1.807, 2.05) is 36.4 Å². The van der Waals surface area contributed by atoms with Gasteiger partial charge in [0.05, 0.1) is 6.54 Å². The van der Waals surface area contributed by atoms with Crippen molar-refractivity contribution in [2.75, 3.05) is 0 Å². The monoisotopic (exact) mass is 403 g/mol. The molecule has 0 saturated carbocycles. The Hall–Kier alpha value is -3.64. The lowest BCUT2D eigenvalue weighted by Crippen LogP contribution is -2.22. The molecule has 0 bridgehead atoms. The average Bonchev–Trinajstić information content (AvgIpc) is 3.40. The van der Waals surface area contributed by atoms with Crippen LogP contribution in [0.4, 0.5) is 0 Å². The molecule has 142 valence electrons. The summed E-state index contributed by atoms with van der Waals surface area (Å²) < 4.78 is 10.9. The van der Waals surface area contributed by atoms with E-state index in [9.17, 15) is 4.79 Å². The molecule has 0 aliphatic rings. The molecule has 29 heavy (non-hydrogen) atoms. The molecule has 0 unspecified atom stereocenters. The summed E-state index contributed by atoms with van der Waals surface area (Å²) in [6, 6.07) is 20.7. The zero-order valence-electron chi connectivity index (χ0n) is 15.1. The number of amides is 1. The SMILES string of the molecule is O=C(NCc1nc(-c2ccc(Cl)cc2)no1)c1cc2c(ccc3ccccc32)o1. The van der Waals surface area contributed by atoms with Gasteiger partial charge in [0, 0.05) is 16.0 Å². The molecule has 0 radical (unpaired) electrons. The molecule has 0 spiro atoms. The number of nitrogens with zero attached hydrogens (tertiary/aromatic N) is 2. The van der Waals surface area contributed by atoms with Gasteiger partial charge in [-0.3, -0.25) is 4.79 Å². The molecule has 5 rings (SSSR count). The van der Waals surface area contributed by atoms with Crippen molar-refractivity contribution in [3.05, 3.63) is 83.4 Å². The largest absolute Gasteiger partial charge is 0.451 e. The summed E-state index contributed by atoms with van der Waals surface area (Å²) in [6.07, 6.45) is 0. The van der Waals surface area contributed by atoms with Gasteiger partial charge in [-0.2, -0.15) is 4.98 Å². The van der Waals surface area contributed by atoms with Crippen molar-refractivity contribution >= 4 is 39.2 Å². The van der Waals surface area contributed by atoms with E-state index >= 15 is 0 Å². The van der Waals surface area contributed by atoms with Gasteiger partial charge in [0.25, 0.3) is 5.91 Å². The van der Waals surface area contributed by atoms with Crippen LogP contribution >= 0.6 is 11.6 Å². The summed E-state index contributed by atoms with van der Waals surface area (Å²) in [5.74, 6) is 0.608. The first kappa shape index (κ1) is 17.5. The lowest BCUT2D eigenvalue weighted by atomic mass is 10.1. The maximum atomic E-state index is 12.5. The van der Waals surface area contributed by atoms with Gasteiger partial charge in [0.1, 0.15) is 5.58 Å². The highest BCUT2D eigenvalue weighted by Gasteiger charge is 2.15. The number of hydrogen-bond acceptors (Lipinski definition) is 5. The molecule has 1 N–H and O–H groups in total. The van der Waals surface area contributed by atoms with Crippen LogP contribution in [0.15, 0.2) is 75.7 Å². The molecule has 0 saturated heterocycles. The van der Waals surface area contributed by atoms with E-state index in [0.29, 0.717) is 22.3 Å². The molecular formula is C22H14ClN3O3. The van der Waals surface area contributed by atoms with Gasteiger partial charge >= 0.3 is 0 Å². The minimum absolute atomic E-state index is 0.0945. The summed E-state index contributed by atoms with van der Waals surface area (Å²) in [5.41, 5.74) is 1.44. The fraction of sp³-hybridized carbons (Fsp3) is 0.0455. The van der Waals surface area contributed by atoms with E-state index in [0.717, 1.165) is 21.7 Å². The van der Waals surface area contributed by atoms with E-state index in [-0.39, 0.29) is 18.2 Å². The van der Waals surface area contributed by atoms with Crippen molar-refractivity contribution < 1.29 is 13.7 Å². The molecule has 1 amide bonds. The number of hydrogen-bond donors (Lipinski definition) is 1. The number of halogens is 1. The van der Waals surface area contributed by atoms with Gasteiger partial charge in [-0.1, -0.05) is 47.1 Å². The Labute approximate surface area is 170 Å². The highest BCUT2D eigenvalue weighted by molar-refractivity contribution is 6.30. The summed E-state index contributed by atoms with van der Waals surface area (Å²) >= 11 is 5.89. The van der Waals surface area contributed by atoms with Crippen molar-refractivity contribution in [2.45, 2.75) is 6.54 Å². The number of fused-ring (bicyclic) bond motifs is 3. The summed E-state index contributed by atoms with van der Waals surface area (Å²) in [7, 11) is 0. The fourth-order valence-electron chi connectivity index (χ4n) is 3.19. The van der Waals surface area contributed by atoms with Gasteiger partial charge in [-0.15, -0.1) is 0 Å². The maximum absolute atomic E-state index is 12.5. The Morgan fingerprint density at radius 2 is 1.83 bits per heavy atom. The zero-order chi connectivity index (χ0) is 19.8. The Balaban J connectivity index is 1.33. The van der Waals surface area contributed by atoms with Crippen LogP contribution in [-0.4, -0.2) is 16.0 Å². The number of nitrogens with one attached hydrogen (secondary N) is 1. The highest BCUT2D eigenvalue weighted by atomic mass is 35.5. The number of rotatable bonds is 4. The molecule has 2 aromatic heterocycles. The first-order valence-corrected chi connectivity index (χ1v) is 9.33. The van der Waals surface area contributed by atoms with Gasteiger partial charge < -0.3 is 14.3 Å². The smallest absolute Gasteiger partial charge is 0.287 e. The third-order valence-corrected chi connectivity index (χ3v) is 4.87. The van der Waals surface area contributed by atoms with Crippen molar-refractivity contribution in [3.8, 4) is 11.4 Å². The Kier molecular flexibility index (Phi) is 4.26. The van der Waals surface area contributed by atoms with Crippen LogP contribution in [0.3, 0.4) is 0 Å². The molecular weight excluding hydrogens is 390 g/mol. The first-order valence-electron chi connectivity index (χ1n) is 8.95. The quantitative estimate of drug-likeness (QED) is 0.445. The fourth-order valence-corrected chi connectivity index (χ4v) is 3.32. The second-order valence-electron chi connectivity index (χ2n) is 6.51. The van der Waals surface area contributed by atoms with Crippen molar-refractivity contribution in [2.24, 2.45) is 0 Å². The van der Waals surface area contributed by atoms with Gasteiger partial charge in [-0.05, 0) is 47.2 Å². The van der Waals surface area contributed by atoms with Crippen molar-refractivity contribution in [1.82, 2.24) is 15.5 Å². The van der Waals surface area contributed by atoms with E-state index < -0.39 is 0 Å².